The zero-order chi connectivity index (χ0) is 14.5. The first-order valence-corrected chi connectivity index (χ1v) is 7.14. The summed E-state index contributed by atoms with van der Waals surface area (Å²) in [5, 5.41) is 10.3. The van der Waals surface area contributed by atoms with Gasteiger partial charge in [0.25, 0.3) is 0 Å². The molecule has 1 atom stereocenters. The van der Waals surface area contributed by atoms with Gasteiger partial charge in [-0.3, -0.25) is 4.79 Å². The Labute approximate surface area is 134 Å². The smallest absolute Gasteiger partial charge is 0.250 e. The predicted octanol–water partition coefficient (Wildman–Crippen LogP) is 1.41. The van der Waals surface area contributed by atoms with E-state index in [1.165, 1.54) is 4.68 Å². The lowest BCUT2D eigenvalue weighted by Crippen LogP contribution is -2.14. The third-order valence-electron chi connectivity index (χ3n) is 3.57. The van der Waals surface area contributed by atoms with Crippen LogP contribution in [0.3, 0.4) is 0 Å². The van der Waals surface area contributed by atoms with E-state index < -0.39 is 0 Å². The highest BCUT2D eigenvalue weighted by molar-refractivity contribution is 5.90. The van der Waals surface area contributed by atoms with E-state index in [0.29, 0.717) is 24.0 Å². The largest absolute Gasteiger partial charge is 0.323 e. The molecule has 0 bridgehead atoms. The van der Waals surface area contributed by atoms with E-state index in [2.05, 4.69) is 25.7 Å². The molecular formula is C14H19ClN6O. The lowest BCUT2D eigenvalue weighted by molar-refractivity contribution is -0.116. The molecule has 3 heterocycles. The Balaban J connectivity index is 0.00000176. The van der Waals surface area contributed by atoms with Crippen LogP contribution in [-0.2, 0) is 4.79 Å². The van der Waals surface area contributed by atoms with E-state index in [0.717, 1.165) is 25.9 Å². The van der Waals surface area contributed by atoms with E-state index in [4.69, 9.17) is 0 Å². The molecule has 0 radical (unpaired) electrons. The summed E-state index contributed by atoms with van der Waals surface area (Å²) in [6.45, 7) is 2.09. The number of carbonyl (C=O) groups excluding carboxylic acids is 1. The molecule has 1 aliphatic heterocycles. The molecular weight excluding hydrogens is 304 g/mol. The summed E-state index contributed by atoms with van der Waals surface area (Å²) < 4.78 is 1.54. The van der Waals surface area contributed by atoms with Gasteiger partial charge in [0, 0.05) is 18.8 Å². The van der Waals surface area contributed by atoms with Crippen molar-refractivity contribution in [2.75, 3.05) is 18.4 Å². The first-order chi connectivity index (χ1) is 10.3. The van der Waals surface area contributed by atoms with Gasteiger partial charge in [-0.25, -0.2) is 14.6 Å². The number of halogens is 1. The van der Waals surface area contributed by atoms with Crippen molar-refractivity contribution in [3.63, 3.8) is 0 Å². The topological polar surface area (TPSA) is 84.7 Å². The number of nitrogens with one attached hydrogen (secondary N) is 2. The van der Waals surface area contributed by atoms with E-state index in [9.17, 15) is 4.79 Å². The number of anilines is 1. The SMILES string of the molecule is Cl.O=C(CCC1CCNC1)Nc1cnn(-c2ncccn2)c1. The fraction of sp³-hybridized carbons (Fsp3) is 0.429. The van der Waals surface area contributed by atoms with Crippen LogP contribution < -0.4 is 10.6 Å². The number of rotatable bonds is 5. The van der Waals surface area contributed by atoms with Gasteiger partial charge in [0.1, 0.15) is 0 Å². The predicted molar refractivity (Wildman–Crippen MR) is 85.2 cm³/mol. The van der Waals surface area contributed by atoms with Gasteiger partial charge in [-0.2, -0.15) is 5.10 Å². The molecule has 8 heteroatoms. The number of hydrogen-bond acceptors (Lipinski definition) is 5. The summed E-state index contributed by atoms with van der Waals surface area (Å²) in [4.78, 5) is 20.1. The summed E-state index contributed by atoms with van der Waals surface area (Å²) in [5.41, 5.74) is 0.664. The lowest BCUT2D eigenvalue weighted by atomic mass is 10.0. The van der Waals surface area contributed by atoms with Crippen molar-refractivity contribution in [2.24, 2.45) is 5.92 Å². The van der Waals surface area contributed by atoms with Crippen LogP contribution >= 0.6 is 12.4 Å². The number of carbonyl (C=O) groups is 1. The maximum Gasteiger partial charge on any atom is 0.250 e. The molecule has 0 saturated carbocycles. The van der Waals surface area contributed by atoms with Gasteiger partial charge in [-0.15, -0.1) is 12.4 Å². The minimum absolute atomic E-state index is 0. The highest BCUT2D eigenvalue weighted by atomic mass is 35.5. The molecule has 1 unspecified atom stereocenters. The molecule has 2 aromatic rings. The van der Waals surface area contributed by atoms with Gasteiger partial charge < -0.3 is 10.6 Å². The third-order valence-corrected chi connectivity index (χ3v) is 3.57. The minimum Gasteiger partial charge on any atom is -0.323 e. The van der Waals surface area contributed by atoms with E-state index >= 15 is 0 Å². The first-order valence-electron chi connectivity index (χ1n) is 7.14. The average Bonchev–Trinajstić information content (AvgIpc) is 3.17. The highest BCUT2D eigenvalue weighted by Crippen LogP contribution is 2.15. The summed E-state index contributed by atoms with van der Waals surface area (Å²) >= 11 is 0. The van der Waals surface area contributed by atoms with Crippen LogP contribution in [0.4, 0.5) is 5.69 Å². The Hall–Kier alpha value is -1.99. The molecule has 1 saturated heterocycles. The van der Waals surface area contributed by atoms with Gasteiger partial charge in [-0.05, 0) is 37.9 Å². The lowest BCUT2D eigenvalue weighted by Gasteiger charge is -2.07. The molecule has 0 aliphatic carbocycles. The minimum atomic E-state index is 0. The molecule has 118 valence electrons. The fourth-order valence-electron chi connectivity index (χ4n) is 2.43. The van der Waals surface area contributed by atoms with Gasteiger partial charge in [-0.1, -0.05) is 0 Å². The second kappa shape index (κ2) is 7.86. The Kier molecular flexibility index (Phi) is 5.85. The normalized spacial score (nSPS) is 17.0. The van der Waals surface area contributed by atoms with Crippen molar-refractivity contribution in [3.05, 3.63) is 30.9 Å². The summed E-state index contributed by atoms with van der Waals surface area (Å²) in [5.74, 6) is 1.13. The molecule has 0 spiro atoms. The Morgan fingerprint density at radius 3 is 2.95 bits per heavy atom. The summed E-state index contributed by atoms with van der Waals surface area (Å²) in [6.07, 6.45) is 9.25. The maximum absolute atomic E-state index is 11.9. The highest BCUT2D eigenvalue weighted by Gasteiger charge is 2.16. The standard InChI is InChI=1S/C14H18N6O.ClH/c21-13(3-2-11-4-7-15-8-11)19-12-9-18-20(10-12)14-16-5-1-6-17-14;/h1,5-6,9-11,15H,2-4,7-8H2,(H,19,21);1H. The maximum atomic E-state index is 11.9. The number of amides is 1. The van der Waals surface area contributed by atoms with E-state index in [-0.39, 0.29) is 18.3 Å². The Morgan fingerprint density at radius 2 is 2.23 bits per heavy atom. The van der Waals surface area contributed by atoms with Crippen LogP contribution in [-0.4, -0.2) is 38.7 Å². The van der Waals surface area contributed by atoms with Crippen molar-refractivity contribution in [2.45, 2.75) is 19.3 Å². The van der Waals surface area contributed by atoms with Gasteiger partial charge >= 0.3 is 0 Å². The molecule has 0 aromatic carbocycles. The zero-order valence-corrected chi connectivity index (χ0v) is 12.9. The number of hydrogen-bond donors (Lipinski definition) is 2. The average molecular weight is 323 g/mol. The van der Waals surface area contributed by atoms with Crippen molar-refractivity contribution in [1.29, 1.82) is 0 Å². The number of nitrogens with zero attached hydrogens (tertiary/aromatic N) is 4. The van der Waals surface area contributed by atoms with Crippen LogP contribution in [0.25, 0.3) is 5.95 Å². The molecule has 22 heavy (non-hydrogen) atoms. The van der Waals surface area contributed by atoms with E-state index in [1.54, 1.807) is 30.9 Å². The molecule has 1 fully saturated rings. The van der Waals surface area contributed by atoms with Crippen molar-refractivity contribution in [3.8, 4) is 5.95 Å². The number of aromatic nitrogens is 4. The quantitative estimate of drug-likeness (QED) is 0.869. The van der Waals surface area contributed by atoms with Crippen LogP contribution in [0.1, 0.15) is 19.3 Å². The molecule has 1 amide bonds. The van der Waals surface area contributed by atoms with Gasteiger partial charge in [0.05, 0.1) is 18.1 Å². The van der Waals surface area contributed by atoms with Crippen molar-refractivity contribution in [1.82, 2.24) is 25.1 Å². The summed E-state index contributed by atoms with van der Waals surface area (Å²) in [7, 11) is 0. The monoisotopic (exact) mass is 322 g/mol. The van der Waals surface area contributed by atoms with Crippen molar-refractivity contribution >= 4 is 24.0 Å². The second-order valence-corrected chi connectivity index (χ2v) is 5.17. The second-order valence-electron chi connectivity index (χ2n) is 5.17. The Bertz CT molecular complexity index is 596. The van der Waals surface area contributed by atoms with E-state index in [1.807, 2.05) is 0 Å². The zero-order valence-electron chi connectivity index (χ0n) is 12.1. The molecule has 2 aromatic heterocycles. The molecule has 7 nitrogen and oxygen atoms in total. The molecule has 1 aliphatic rings. The first kappa shape index (κ1) is 16.4. The van der Waals surface area contributed by atoms with Crippen molar-refractivity contribution < 1.29 is 4.79 Å². The van der Waals surface area contributed by atoms with Crippen LogP contribution in [0, 0.1) is 5.92 Å². The summed E-state index contributed by atoms with van der Waals surface area (Å²) in [6, 6.07) is 1.74. The van der Waals surface area contributed by atoms with Crippen LogP contribution in [0.15, 0.2) is 30.9 Å². The molecule has 2 N–H and O–H groups in total. The van der Waals surface area contributed by atoms with Gasteiger partial charge in [0.15, 0.2) is 0 Å². The fourth-order valence-corrected chi connectivity index (χ4v) is 2.43. The molecule has 3 rings (SSSR count). The third kappa shape index (κ3) is 4.25. The van der Waals surface area contributed by atoms with Gasteiger partial charge in [0.2, 0.25) is 11.9 Å². The van der Waals surface area contributed by atoms with Crippen LogP contribution in [0.2, 0.25) is 0 Å². The van der Waals surface area contributed by atoms with Crippen LogP contribution in [0.5, 0.6) is 0 Å². The Morgan fingerprint density at radius 1 is 1.41 bits per heavy atom.